The van der Waals surface area contributed by atoms with Crippen LogP contribution in [0.5, 0.6) is 0 Å². The molecule has 96 valence electrons. The molecule has 0 aliphatic carbocycles. The molecule has 0 aromatic heterocycles. The molecule has 2 fully saturated rings. The SMILES string of the molecule is CC1CCN(C2CS(=O)(=O)CC2O)CC1.[Cl-]. The molecule has 16 heavy (non-hydrogen) atoms. The Morgan fingerprint density at radius 1 is 1.19 bits per heavy atom. The van der Waals surface area contributed by atoms with Crippen molar-refractivity contribution in [2.75, 3.05) is 24.6 Å². The number of hydrogen-bond donors (Lipinski definition) is 1. The Morgan fingerprint density at radius 3 is 2.19 bits per heavy atom. The van der Waals surface area contributed by atoms with Gasteiger partial charge in [0, 0.05) is 0 Å². The van der Waals surface area contributed by atoms with Crippen LogP contribution in [0.25, 0.3) is 0 Å². The number of rotatable bonds is 1. The maximum atomic E-state index is 11.4. The molecule has 6 heteroatoms. The topological polar surface area (TPSA) is 57.6 Å². The molecule has 0 aromatic carbocycles. The second kappa shape index (κ2) is 5.21. The summed E-state index contributed by atoms with van der Waals surface area (Å²) in [6.07, 6.45) is 1.55. The normalized spacial score (nSPS) is 35.9. The van der Waals surface area contributed by atoms with Gasteiger partial charge in [0.15, 0.2) is 9.84 Å². The lowest BCUT2D eigenvalue weighted by Gasteiger charge is -2.35. The van der Waals surface area contributed by atoms with Crippen molar-refractivity contribution in [2.45, 2.75) is 31.9 Å². The van der Waals surface area contributed by atoms with E-state index in [-0.39, 0.29) is 30.0 Å². The molecular weight excluding hydrogens is 250 g/mol. The van der Waals surface area contributed by atoms with Gasteiger partial charge in [0.1, 0.15) is 0 Å². The van der Waals surface area contributed by atoms with E-state index in [9.17, 15) is 13.5 Å². The standard InChI is InChI=1S/C10H19NO3S.ClH/c1-8-2-4-11(5-3-8)9-6-15(13,14)7-10(9)12;/h8-10,12H,2-7H2,1H3;1H/p-1. The van der Waals surface area contributed by atoms with E-state index in [1.807, 2.05) is 0 Å². The van der Waals surface area contributed by atoms with Crippen molar-refractivity contribution in [3.8, 4) is 0 Å². The monoisotopic (exact) mass is 268 g/mol. The lowest BCUT2D eigenvalue weighted by molar-refractivity contribution is -0.00000795. The Balaban J connectivity index is 0.00000128. The van der Waals surface area contributed by atoms with E-state index in [2.05, 4.69) is 11.8 Å². The molecule has 1 N–H and O–H groups in total. The van der Waals surface area contributed by atoms with E-state index in [4.69, 9.17) is 0 Å². The molecular formula is C10H19ClNO3S-. The van der Waals surface area contributed by atoms with Gasteiger partial charge in [-0.3, -0.25) is 4.90 Å². The Morgan fingerprint density at radius 2 is 1.75 bits per heavy atom. The highest BCUT2D eigenvalue weighted by atomic mass is 35.5. The van der Waals surface area contributed by atoms with Crippen LogP contribution in [0.4, 0.5) is 0 Å². The third-order valence-electron chi connectivity index (χ3n) is 3.58. The van der Waals surface area contributed by atoms with Crippen molar-refractivity contribution in [1.29, 1.82) is 0 Å². The first-order valence-electron chi connectivity index (χ1n) is 5.60. The first-order chi connectivity index (χ1) is 6.98. The molecule has 0 bridgehead atoms. The minimum atomic E-state index is -3.00. The maximum absolute atomic E-state index is 11.4. The van der Waals surface area contributed by atoms with Crippen molar-refractivity contribution >= 4 is 9.84 Å². The molecule has 2 saturated heterocycles. The molecule has 2 atom stereocenters. The summed E-state index contributed by atoms with van der Waals surface area (Å²) in [5.41, 5.74) is 0. The molecule has 2 heterocycles. The van der Waals surface area contributed by atoms with Gasteiger partial charge in [-0.05, 0) is 31.8 Å². The highest BCUT2D eigenvalue weighted by Gasteiger charge is 2.40. The highest BCUT2D eigenvalue weighted by molar-refractivity contribution is 7.91. The van der Waals surface area contributed by atoms with Crippen LogP contribution in [0.2, 0.25) is 0 Å². The molecule has 0 saturated carbocycles. The molecule has 2 aliphatic heterocycles. The summed E-state index contributed by atoms with van der Waals surface area (Å²) in [6, 6.07) is -0.150. The molecule has 0 radical (unpaired) electrons. The Bertz CT molecular complexity index is 325. The summed E-state index contributed by atoms with van der Waals surface area (Å²) in [5.74, 6) is 0.822. The van der Waals surface area contributed by atoms with Crippen LogP contribution in [0, 0.1) is 5.92 Å². The van der Waals surface area contributed by atoms with E-state index in [0.717, 1.165) is 31.8 Å². The fourth-order valence-corrected chi connectivity index (χ4v) is 4.35. The van der Waals surface area contributed by atoms with Crippen LogP contribution in [0.1, 0.15) is 19.8 Å². The van der Waals surface area contributed by atoms with Crippen molar-refractivity contribution in [2.24, 2.45) is 5.92 Å². The Labute approximate surface area is 103 Å². The number of piperidine rings is 1. The van der Waals surface area contributed by atoms with Crippen LogP contribution in [-0.2, 0) is 9.84 Å². The molecule has 2 rings (SSSR count). The van der Waals surface area contributed by atoms with Gasteiger partial charge in [-0.25, -0.2) is 8.42 Å². The van der Waals surface area contributed by atoms with Gasteiger partial charge in [-0.15, -0.1) is 0 Å². The minimum absolute atomic E-state index is 0. The molecule has 0 aromatic rings. The summed E-state index contributed by atoms with van der Waals surface area (Å²) >= 11 is 0. The molecule has 4 nitrogen and oxygen atoms in total. The fraction of sp³-hybridized carbons (Fsp3) is 1.00. The smallest absolute Gasteiger partial charge is 0.154 e. The van der Waals surface area contributed by atoms with Crippen LogP contribution in [0.3, 0.4) is 0 Å². The number of aliphatic hydroxyl groups is 1. The predicted octanol–water partition coefficient (Wildman–Crippen LogP) is -3.12. The van der Waals surface area contributed by atoms with E-state index >= 15 is 0 Å². The number of aliphatic hydroxyl groups excluding tert-OH is 1. The van der Waals surface area contributed by atoms with Gasteiger partial charge in [-0.2, -0.15) is 0 Å². The number of sulfone groups is 1. The second-order valence-electron chi connectivity index (χ2n) is 4.93. The van der Waals surface area contributed by atoms with Crippen LogP contribution < -0.4 is 12.4 Å². The summed E-state index contributed by atoms with van der Waals surface area (Å²) in [6.45, 7) is 4.08. The maximum Gasteiger partial charge on any atom is 0.154 e. The molecule has 0 amide bonds. The number of hydrogen-bond acceptors (Lipinski definition) is 4. The third kappa shape index (κ3) is 3.09. The first-order valence-corrected chi connectivity index (χ1v) is 7.42. The Kier molecular flexibility index (Phi) is 4.63. The number of halogens is 1. The zero-order valence-electron chi connectivity index (χ0n) is 9.47. The quantitative estimate of drug-likeness (QED) is 0.547. The van der Waals surface area contributed by atoms with Gasteiger partial charge in [-0.1, -0.05) is 6.92 Å². The summed E-state index contributed by atoms with van der Waals surface area (Å²) < 4.78 is 22.7. The lowest BCUT2D eigenvalue weighted by atomic mass is 9.97. The van der Waals surface area contributed by atoms with Crippen LogP contribution in [-0.4, -0.2) is 55.2 Å². The third-order valence-corrected chi connectivity index (χ3v) is 5.28. The van der Waals surface area contributed by atoms with Gasteiger partial charge in [0.25, 0.3) is 0 Å². The van der Waals surface area contributed by atoms with Crippen molar-refractivity contribution in [3.63, 3.8) is 0 Å². The summed E-state index contributed by atoms with van der Waals surface area (Å²) in [5, 5.41) is 9.72. The Hall–Kier alpha value is 0.160. The van der Waals surface area contributed by atoms with Crippen LogP contribution >= 0.6 is 0 Å². The lowest BCUT2D eigenvalue weighted by Crippen LogP contribution is -3.00. The van der Waals surface area contributed by atoms with Gasteiger partial charge in [0.05, 0.1) is 23.7 Å². The van der Waals surface area contributed by atoms with Crippen molar-refractivity contribution < 1.29 is 25.9 Å². The number of nitrogens with zero attached hydrogens (tertiary/aromatic N) is 1. The summed E-state index contributed by atoms with van der Waals surface area (Å²) in [4.78, 5) is 2.15. The average Bonchev–Trinajstić information content (AvgIpc) is 2.41. The van der Waals surface area contributed by atoms with Crippen molar-refractivity contribution in [1.82, 2.24) is 4.90 Å². The largest absolute Gasteiger partial charge is 1.00 e. The first kappa shape index (κ1) is 14.2. The predicted molar refractivity (Wildman–Crippen MR) is 58.4 cm³/mol. The van der Waals surface area contributed by atoms with E-state index in [0.29, 0.717) is 0 Å². The van der Waals surface area contributed by atoms with Gasteiger partial charge < -0.3 is 17.5 Å². The number of likely N-dealkylation sites (tertiary alicyclic amines) is 1. The zero-order chi connectivity index (χ0) is 11.1. The molecule has 2 aliphatic rings. The average molecular weight is 269 g/mol. The van der Waals surface area contributed by atoms with Gasteiger partial charge in [0.2, 0.25) is 0 Å². The molecule has 2 unspecified atom stereocenters. The van der Waals surface area contributed by atoms with E-state index in [1.165, 1.54) is 0 Å². The van der Waals surface area contributed by atoms with E-state index in [1.54, 1.807) is 0 Å². The molecule has 0 spiro atoms. The zero-order valence-corrected chi connectivity index (χ0v) is 11.0. The fourth-order valence-electron chi connectivity index (χ4n) is 2.52. The second-order valence-corrected chi connectivity index (χ2v) is 7.08. The highest BCUT2D eigenvalue weighted by Crippen LogP contribution is 2.24. The van der Waals surface area contributed by atoms with Gasteiger partial charge >= 0.3 is 0 Å². The summed E-state index contributed by atoms with van der Waals surface area (Å²) in [7, 11) is -3.00. The minimum Gasteiger partial charge on any atom is -1.00 e. The van der Waals surface area contributed by atoms with E-state index < -0.39 is 15.9 Å². The van der Waals surface area contributed by atoms with Crippen molar-refractivity contribution in [3.05, 3.63) is 0 Å². The van der Waals surface area contributed by atoms with Crippen LogP contribution in [0.15, 0.2) is 0 Å².